The van der Waals surface area contributed by atoms with Gasteiger partial charge in [0, 0.05) is 16.9 Å². The van der Waals surface area contributed by atoms with Gasteiger partial charge in [0.05, 0.1) is 13.2 Å². The molecule has 0 radical (unpaired) electrons. The van der Waals surface area contributed by atoms with Crippen LogP contribution in [0.5, 0.6) is 5.75 Å². The van der Waals surface area contributed by atoms with Crippen molar-refractivity contribution in [2.75, 3.05) is 23.8 Å². The van der Waals surface area contributed by atoms with Crippen molar-refractivity contribution in [3.8, 4) is 5.75 Å². The summed E-state index contributed by atoms with van der Waals surface area (Å²) in [5.41, 5.74) is 6.90. The van der Waals surface area contributed by atoms with Gasteiger partial charge in [-0.1, -0.05) is 6.07 Å². The van der Waals surface area contributed by atoms with E-state index in [0.717, 1.165) is 11.4 Å². The van der Waals surface area contributed by atoms with Crippen molar-refractivity contribution in [1.29, 1.82) is 0 Å². The molecule has 0 atom stereocenters. The Morgan fingerprint density at radius 3 is 2.48 bits per heavy atom. The Kier molecular flexibility index (Phi) is 5.57. The summed E-state index contributed by atoms with van der Waals surface area (Å²) in [5, 5.41) is 5.72. The minimum atomic E-state index is -0.534. The highest BCUT2D eigenvalue weighted by atomic mass is 16.5. The molecule has 0 saturated carbocycles. The van der Waals surface area contributed by atoms with Crippen LogP contribution in [0.1, 0.15) is 17.3 Å². The zero-order chi connectivity index (χ0) is 16.7. The second kappa shape index (κ2) is 7.84. The smallest absolute Gasteiger partial charge is 0.248 e. The van der Waals surface area contributed by atoms with Crippen LogP contribution in [-0.2, 0) is 4.79 Å². The van der Waals surface area contributed by atoms with Gasteiger partial charge < -0.3 is 21.1 Å². The number of benzene rings is 2. The number of carbonyl (C=O) groups excluding carboxylic acids is 2. The fraction of sp³-hybridized carbons (Fsp3) is 0.176. The SMILES string of the molecule is CCOc1ccc(NCC(=O)Nc2cccc(C(N)=O)c2)cc1. The van der Waals surface area contributed by atoms with Gasteiger partial charge in [-0.25, -0.2) is 0 Å². The predicted molar refractivity (Wildman–Crippen MR) is 89.7 cm³/mol. The molecule has 6 nitrogen and oxygen atoms in total. The zero-order valence-electron chi connectivity index (χ0n) is 12.8. The van der Waals surface area contributed by atoms with Crippen LogP contribution in [0.2, 0.25) is 0 Å². The highest BCUT2D eigenvalue weighted by Crippen LogP contribution is 2.15. The van der Waals surface area contributed by atoms with Gasteiger partial charge in [0.2, 0.25) is 11.8 Å². The molecular formula is C17H19N3O3. The first-order valence-corrected chi connectivity index (χ1v) is 7.25. The van der Waals surface area contributed by atoms with Gasteiger partial charge in [-0.15, -0.1) is 0 Å². The molecule has 4 N–H and O–H groups in total. The Morgan fingerprint density at radius 1 is 1.09 bits per heavy atom. The molecule has 0 bridgehead atoms. The molecule has 0 aliphatic rings. The fourth-order valence-corrected chi connectivity index (χ4v) is 1.97. The lowest BCUT2D eigenvalue weighted by molar-refractivity contribution is -0.114. The summed E-state index contributed by atoms with van der Waals surface area (Å²) >= 11 is 0. The number of hydrogen-bond donors (Lipinski definition) is 3. The number of primary amides is 1. The van der Waals surface area contributed by atoms with Crippen LogP contribution in [0.25, 0.3) is 0 Å². The standard InChI is InChI=1S/C17H19N3O3/c1-2-23-15-8-6-13(7-9-15)19-11-16(21)20-14-5-3-4-12(10-14)17(18)22/h3-10,19H,2,11H2,1H3,(H2,18,22)(H,20,21). The zero-order valence-corrected chi connectivity index (χ0v) is 12.8. The molecule has 0 aliphatic heterocycles. The highest BCUT2D eigenvalue weighted by Gasteiger charge is 2.05. The van der Waals surface area contributed by atoms with Crippen LogP contribution in [0.4, 0.5) is 11.4 Å². The maximum atomic E-state index is 11.9. The normalized spacial score (nSPS) is 9.96. The molecule has 0 saturated heterocycles. The summed E-state index contributed by atoms with van der Waals surface area (Å²) < 4.78 is 5.35. The molecule has 0 heterocycles. The Hall–Kier alpha value is -3.02. The van der Waals surface area contributed by atoms with E-state index in [9.17, 15) is 9.59 Å². The van der Waals surface area contributed by atoms with Crippen molar-refractivity contribution < 1.29 is 14.3 Å². The fourth-order valence-electron chi connectivity index (χ4n) is 1.97. The number of carbonyl (C=O) groups is 2. The maximum Gasteiger partial charge on any atom is 0.248 e. The number of amides is 2. The molecule has 0 fully saturated rings. The molecule has 0 aliphatic carbocycles. The molecule has 0 aromatic heterocycles. The van der Waals surface area contributed by atoms with Crippen molar-refractivity contribution >= 4 is 23.2 Å². The van der Waals surface area contributed by atoms with Crippen LogP contribution in [0, 0.1) is 0 Å². The molecule has 2 rings (SSSR count). The quantitative estimate of drug-likeness (QED) is 0.730. The van der Waals surface area contributed by atoms with E-state index in [1.54, 1.807) is 18.2 Å². The highest BCUT2D eigenvalue weighted by molar-refractivity contribution is 5.97. The van der Waals surface area contributed by atoms with Crippen LogP contribution in [0.3, 0.4) is 0 Å². The molecular weight excluding hydrogens is 294 g/mol. The summed E-state index contributed by atoms with van der Waals surface area (Å²) in [7, 11) is 0. The van der Waals surface area contributed by atoms with E-state index >= 15 is 0 Å². The average Bonchev–Trinajstić information content (AvgIpc) is 2.55. The van der Waals surface area contributed by atoms with E-state index in [0.29, 0.717) is 17.9 Å². The van der Waals surface area contributed by atoms with E-state index in [4.69, 9.17) is 10.5 Å². The summed E-state index contributed by atoms with van der Waals surface area (Å²) in [4.78, 5) is 23.0. The van der Waals surface area contributed by atoms with Crippen molar-refractivity contribution in [2.24, 2.45) is 5.73 Å². The first kappa shape index (κ1) is 16.4. The lowest BCUT2D eigenvalue weighted by atomic mass is 10.2. The van der Waals surface area contributed by atoms with Crippen molar-refractivity contribution in [2.45, 2.75) is 6.92 Å². The Labute approximate surface area is 134 Å². The Balaban J connectivity index is 1.87. The number of hydrogen-bond acceptors (Lipinski definition) is 4. The maximum absolute atomic E-state index is 11.9. The van der Waals surface area contributed by atoms with Crippen LogP contribution in [0.15, 0.2) is 48.5 Å². The van der Waals surface area contributed by atoms with Crippen LogP contribution in [-0.4, -0.2) is 25.0 Å². The lowest BCUT2D eigenvalue weighted by Crippen LogP contribution is -2.22. The van der Waals surface area contributed by atoms with Gasteiger partial charge in [0.15, 0.2) is 0 Å². The Morgan fingerprint density at radius 2 is 1.83 bits per heavy atom. The number of rotatable bonds is 7. The third-order valence-electron chi connectivity index (χ3n) is 3.05. The first-order chi connectivity index (χ1) is 11.1. The molecule has 2 amide bonds. The van der Waals surface area contributed by atoms with E-state index in [1.807, 2.05) is 31.2 Å². The monoisotopic (exact) mass is 313 g/mol. The lowest BCUT2D eigenvalue weighted by Gasteiger charge is -2.09. The minimum absolute atomic E-state index is 0.106. The van der Waals surface area contributed by atoms with Crippen LogP contribution < -0.4 is 21.1 Å². The summed E-state index contributed by atoms with van der Waals surface area (Å²) in [6, 6.07) is 13.8. The molecule has 0 spiro atoms. The van der Waals surface area contributed by atoms with Gasteiger partial charge in [-0.3, -0.25) is 9.59 Å². The van der Waals surface area contributed by atoms with Gasteiger partial charge in [0.1, 0.15) is 5.75 Å². The second-order valence-electron chi connectivity index (χ2n) is 4.80. The van der Waals surface area contributed by atoms with Gasteiger partial charge in [0.25, 0.3) is 0 Å². The molecule has 2 aromatic rings. The van der Waals surface area contributed by atoms with E-state index < -0.39 is 5.91 Å². The van der Waals surface area contributed by atoms with Crippen molar-refractivity contribution in [3.63, 3.8) is 0 Å². The number of anilines is 2. The molecule has 23 heavy (non-hydrogen) atoms. The average molecular weight is 313 g/mol. The van der Waals surface area contributed by atoms with E-state index in [-0.39, 0.29) is 12.5 Å². The molecule has 6 heteroatoms. The van der Waals surface area contributed by atoms with Crippen LogP contribution >= 0.6 is 0 Å². The van der Waals surface area contributed by atoms with Gasteiger partial charge in [-0.05, 0) is 49.4 Å². The largest absolute Gasteiger partial charge is 0.494 e. The Bertz CT molecular complexity index is 684. The number of nitrogens with one attached hydrogen (secondary N) is 2. The number of ether oxygens (including phenoxy) is 1. The number of nitrogens with two attached hydrogens (primary N) is 1. The first-order valence-electron chi connectivity index (χ1n) is 7.25. The minimum Gasteiger partial charge on any atom is -0.494 e. The second-order valence-corrected chi connectivity index (χ2v) is 4.80. The van der Waals surface area contributed by atoms with Crippen molar-refractivity contribution in [1.82, 2.24) is 0 Å². The van der Waals surface area contributed by atoms with Gasteiger partial charge >= 0.3 is 0 Å². The summed E-state index contributed by atoms with van der Waals surface area (Å²) in [6.07, 6.45) is 0. The summed E-state index contributed by atoms with van der Waals surface area (Å²) in [6.45, 7) is 2.64. The third-order valence-corrected chi connectivity index (χ3v) is 3.05. The third kappa shape index (κ3) is 5.03. The van der Waals surface area contributed by atoms with Crippen molar-refractivity contribution in [3.05, 3.63) is 54.1 Å². The topological polar surface area (TPSA) is 93.4 Å². The van der Waals surface area contributed by atoms with Gasteiger partial charge in [-0.2, -0.15) is 0 Å². The summed E-state index contributed by atoms with van der Waals surface area (Å²) in [5.74, 6) is 0.0277. The molecule has 120 valence electrons. The predicted octanol–water partition coefficient (Wildman–Crippen LogP) is 2.23. The molecule has 0 unspecified atom stereocenters. The van der Waals surface area contributed by atoms with E-state index in [1.165, 1.54) is 6.07 Å². The molecule has 2 aromatic carbocycles. The van der Waals surface area contributed by atoms with E-state index in [2.05, 4.69) is 10.6 Å².